The summed E-state index contributed by atoms with van der Waals surface area (Å²) in [5.41, 5.74) is 1.25. The summed E-state index contributed by atoms with van der Waals surface area (Å²) in [5, 5.41) is 0. The van der Waals surface area contributed by atoms with Crippen LogP contribution in [-0.4, -0.2) is 30.6 Å². The van der Waals surface area contributed by atoms with Crippen molar-refractivity contribution in [1.29, 1.82) is 0 Å². The molecule has 0 spiro atoms. The van der Waals surface area contributed by atoms with E-state index in [9.17, 15) is 4.39 Å². The number of rotatable bonds is 8. The topological polar surface area (TPSA) is 12.5 Å². The van der Waals surface area contributed by atoms with Crippen molar-refractivity contribution in [3.63, 3.8) is 0 Å². The summed E-state index contributed by atoms with van der Waals surface area (Å²) in [7, 11) is 0. The van der Waals surface area contributed by atoms with Gasteiger partial charge in [0.25, 0.3) is 0 Å². The first kappa shape index (κ1) is 15.3. The molecule has 1 heterocycles. The van der Waals surface area contributed by atoms with E-state index >= 15 is 0 Å². The van der Waals surface area contributed by atoms with Crippen molar-refractivity contribution in [2.75, 3.05) is 19.6 Å². The monoisotopic (exact) mass is 279 g/mol. The van der Waals surface area contributed by atoms with Crippen LogP contribution in [0.5, 0.6) is 0 Å². The smallest absolute Gasteiger partial charge is 0.147 e. The highest BCUT2D eigenvalue weighted by atomic mass is 19.1. The van der Waals surface area contributed by atoms with Gasteiger partial charge in [-0.05, 0) is 71.2 Å². The van der Waals surface area contributed by atoms with E-state index < -0.39 is 0 Å². The highest BCUT2D eigenvalue weighted by Gasteiger charge is 2.23. The van der Waals surface area contributed by atoms with Gasteiger partial charge in [-0.3, -0.25) is 0 Å². The van der Waals surface area contributed by atoms with Crippen LogP contribution in [0.4, 0.5) is 4.39 Å². The summed E-state index contributed by atoms with van der Waals surface area (Å²) >= 11 is 0. The molecule has 0 aromatic heterocycles. The number of nitrogens with zero attached hydrogens (tertiary/aromatic N) is 1. The molecule has 2 aliphatic rings. The molecule has 0 radical (unpaired) electrons. The largest absolute Gasteiger partial charge is 0.488 e. The molecule has 2 rings (SSSR count). The Kier molecular flexibility index (Phi) is 6.31. The lowest BCUT2D eigenvalue weighted by atomic mass is 10.1. The molecule has 2 fully saturated rings. The predicted octanol–water partition coefficient (Wildman–Crippen LogP) is 4.35. The molecule has 0 atom stereocenters. The van der Waals surface area contributed by atoms with Gasteiger partial charge in [0.15, 0.2) is 0 Å². The molecule has 1 aliphatic carbocycles. The number of likely N-dealkylation sites (tertiary alicyclic amines) is 1. The molecule has 0 unspecified atom stereocenters. The molecule has 0 N–H and O–H groups in total. The van der Waals surface area contributed by atoms with Gasteiger partial charge in [-0.15, -0.1) is 0 Å². The average molecular weight is 279 g/mol. The Morgan fingerprint density at radius 3 is 2.60 bits per heavy atom. The first-order valence-corrected chi connectivity index (χ1v) is 7.84. The van der Waals surface area contributed by atoms with Gasteiger partial charge < -0.3 is 9.64 Å². The van der Waals surface area contributed by atoms with E-state index in [2.05, 4.69) is 11.0 Å². The van der Waals surface area contributed by atoms with Crippen LogP contribution in [0.25, 0.3) is 0 Å². The van der Waals surface area contributed by atoms with Gasteiger partial charge in [0.1, 0.15) is 12.1 Å². The fourth-order valence-corrected chi connectivity index (χ4v) is 2.51. The molecule has 20 heavy (non-hydrogen) atoms. The molecule has 0 aromatic carbocycles. The Morgan fingerprint density at radius 2 is 2.00 bits per heavy atom. The van der Waals surface area contributed by atoms with E-state index in [1.807, 2.05) is 13.0 Å². The van der Waals surface area contributed by atoms with Crippen LogP contribution in [0.2, 0.25) is 0 Å². The van der Waals surface area contributed by atoms with E-state index in [1.165, 1.54) is 44.5 Å². The first-order chi connectivity index (χ1) is 9.81. The number of ether oxygens (including phenoxy) is 1. The number of allylic oxidation sites excluding steroid dienone is 4. The minimum atomic E-state index is 0.242. The van der Waals surface area contributed by atoms with Gasteiger partial charge in [-0.25, -0.2) is 4.39 Å². The summed E-state index contributed by atoms with van der Waals surface area (Å²) in [5.74, 6) is 0.353. The van der Waals surface area contributed by atoms with E-state index in [-0.39, 0.29) is 6.10 Å². The highest BCUT2D eigenvalue weighted by molar-refractivity contribution is 5.24. The van der Waals surface area contributed by atoms with Gasteiger partial charge in [0, 0.05) is 0 Å². The normalized spacial score (nSPS) is 21.9. The van der Waals surface area contributed by atoms with Gasteiger partial charge in [-0.2, -0.15) is 0 Å². The fraction of sp³-hybridized carbons (Fsp3) is 0.647. The number of hydrogen-bond acceptors (Lipinski definition) is 2. The summed E-state index contributed by atoms with van der Waals surface area (Å²) in [6.07, 6.45) is 13.7. The lowest BCUT2D eigenvalue weighted by Gasteiger charge is -2.14. The SMILES string of the molecule is C\C=C(/C=C\C(=C\F)OC1CC1)CCCN1CCCC1. The second-order valence-electron chi connectivity index (χ2n) is 5.68. The Labute approximate surface area is 122 Å². The van der Waals surface area contributed by atoms with Gasteiger partial charge in [0.05, 0.1) is 6.10 Å². The average Bonchev–Trinajstić information content (AvgIpc) is 3.14. The van der Waals surface area contributed by atoms with Crippen LogP contribution < -0.4 is 0 Å². The van der Waals surface area contributed by atoms with Crippen molar-refractivity contribution in [3.8, 4) is 0 Å². The zero-order chi connectivity index (χ0) is 14.2. The predicted molar refractivity (Wildman–Crippen MR) is 81.1 cm³/mol. The van der Waals surface area contributed by atoms with Crippen molar-refractivity contribution in [3.05, 3.63) is 35.9 Å². The van der Waals surface area contributed by atoms with Crippen LogP contribution in [0.3, 0.4) is 0 Å². The Balaban J connectivity index is 1.70. The standard InChI is InChI=1S/C17H26FNO/c1-2-15(6-5-13-19-11-3-4-12-19)7-8-17(14-18)20-16-9-10-16/h2,7-8,14,16H,3-6,9-13H2,1H3/b8-7-,15-2-,17-14-. The second-order valence-corrected chi connectivity index (χ2v) is 5.68. The van der Waals surface area contributed by atoms with Crippen LogP contribution in [0.1, 0.15) is 45.4 Å². The lowest BCUT2D eigenvalue weighted by molar-refractivity contribution is 0.204. The minimum Gasteiger partial charge on any atom is -0.488 e. The molecule has 1 saturated heterocycles. The Bertz CT molecular complexity index is 376. The summed E-state index contributed by atoms with van der Waals surface area (Å²) in [6, 6.07) is 0. The third-order valence-corrected chi connectivity index (χ3v) is 3.91. The maximum atomic E-state index is 12.7. The van der Waals surface area contributed by atoms with Crippen LogP contribution in [-0.2, 0) is 4.74 Å². The zero-order valence-corrected chi connectivity index (χ0v) is 12.5. The molecule has 1 saturated carbocycles. The summed E-state index contributed by atoms with van der Waals surface area (Å²) in [6.45, 7) is 5.72. The lowest BCUT2D eigenvalue weighted by Crippen LogP contribution is -2.20. The van der Waals surface area contributed by atoms with Crippen LogP contribution in [0, 0.1) is 0 Å². The van der Waals surface area contributed by atoms with Crippen LogP contribution >= 0.6 is 0 Å². The Morgan fingerprint density at radius 1 is 1.25 bits per heavy atom. The first-order valence-electron chi connectivity index (χ1n) is 7.84. The number of hydrogen-bond donors (Lipinski definition) is 0. The maximum absolute atomic E-state index is 12.7. The summed E-state index contributed by atoms with van der Waals surface area (Å²) in [4.78, 5) is 2.53. The van der Waals surface area contributed by atoms with E-state index in [0.29, 0.717) is 12.1 Å². The van der Waals surface area contributed by atoms with E-state index in [4.69, 9.17) is 4.74 Å². The summed E-state index contributed by atoms with van der Waals surface area (Å²) < 4.78 is 18.1. The van der Waals surface area contributed by atoms with E-state index in [1.54, 1.807) is 6.08 Å². The van der Waals surface area contributed by atoms with Crippen molar-refractivity contribution >= 4 is 0 Å². The molecule has 2 nitrogen and oxygen atoms in total. The molecule has 0 aromatic rings. The van der Waals surface area contributed by atoms with Crippen molar-refractivity contribution in [2.45, 2.75) is 51.6 Å². The van der Waals surface area contributed by atoms with Gasteiger partial charge >= 0.3 is 0 Å². The molecular formula is C17H26FNO. The second kappa shape index (κ2) is 8.25. The number of halogens is 1. The third-order valence-electron chi connectivity index (χ3n) is 3.91. The Hall–Kier alpha value is -1.09. The molecule has 0 bridgehead atoms. The fourth-order valence-electron chi connectivity index (χ4n) is 2.51. The maximum Gasteiger partial charge on any atom is 0.147 e. The molecular weight excluding hydrogens is 253 g/mol. The molecule has 112 valence electrons. The van der Waals surface area contributed by atoms with Crippen LogP contribution in [0.15, 0.2) is 35.9 Å². The third kappa shape index (κ3) is 5.49. The quantitative estimate of drug-likeness (QED) is 0.483. The molecule has 1 aliphatic heterocycles. The minimum absolute atomic E-state index is 0.242. The highest BCUT2D eigenvalue weighted by Crippen LogP contribution is 2.27. The van der Waals surface area contributed by atoms with Gasteiger partial charge in [-0.1, -0.05) is 17.7 Å². The van der Waals surface area contributed by atoms with E-state index in [0.717, 1.165) is 19.3 Å². The molecule has 0 amide bonds. The van der Waals surface area contributed by atoms with Crippen molar-refractivity contribution in [2.24, 2.45) is 0 Å². The zero-order valence-electron chi connectivity index (χ0n) is 12.5. The van der Waals surface area contributed by atoms with Gasteiger partial charge in [0.2, 0.25) is 0 Å². The van der Waals surface area contributed by atoms with Crippen molar-refractivity contribution in [1.82, 2.24) is 4.90 Å². The molecule has 3 heteroatoms. The van der Waals surface area contributed by atoms with Crippen molar-refractivity contribution < 1.29 is 9.13 Å².